The number of aliphatic hydroxyl groups excluding tert-OH is 1. The summed E-state index contributed by atoms with van der Waals surface area (Å²) in [7, 11) is 0. The Morgan fingerprint density at radius 3 is 2.53 bits per heavy atom. The predicted molar refractivity (Wildman–Crippen MR) is 67.5 cm³/mol. The van der Waals surface area contributed by atoms with Gasteiger partial charge in [-0.15, -0.1) is 0 Å². The number of hydrogen-bond donors (Lipinski definition) is 2. The van der Waals surface area contributed by atoms with Gasteiger partial charge in [-0.3, -0.25) is 0 Å². The molecular formula is C15H22NO+. The van der Waals surface area contributed by atoms with Crippen LogP contribution in [0.3, 0.4) is 0 Å². The maximum atomic E-state index is 10.1. The monoisotopic (exact) mass is 232 g/mol. The molecule has 1 heterocycles. The number of benzene rings is 1. The van der Waals surface area contributed by atoms with E-state index < -0.39 is 0 Å². The number of hydrogen-bond acceptors (Lipinski definition) is 1. The first-order valence-corrected chi connectivity index (χ1v) is 6.86. The maximum Gasteiger partial charge on any atom is 0.114 e. The highest BCUT2D eigenvalue weighted by Crippen LogP contribution is 2.35. The molecular weight excluding hydrogens is 210 g/mol. The first kappa shape index (κ1) is 11.2. The fraction of sp³-hybridized carbons (Fsp3) is 0.600. The Kier molecular flexibility index (Phi) is 2.93. The number of piperidine rings is 1. The van der Waals surface area contributed by atoms with Crippen LogP contribution in [0.4, 0.5) is 0 Å². The number of aliphatic hydroxyl groups is 1. The molecule has 1 aromatic carbocycles. The summed E-state index contributed by atoms with van der Waals surface area (Å²) >= 11 is 0. The van der Waals surface area contributed by atoms with Crippen LogP contribution in [-0.2, 0) is 0 Å². The van der Waals surface area contributed by atoms with E-state index in [0.717, 1.165) is 12.8 Å². The van der Waals surface area contributed by atoms with Crippen molar-refractivity contribution in [1.29, 1.82) is 0 Å². The molecule has 0 amide bonds. The van der Waals surface area contributed by atoms with E-state index in [2.05, 4.69) is 35.6 Å². The molecule has 1 aromatic rings. The minimum Gasteiger partial charge on any atom is -0.393 e. The van der Waals surface area contributed by atoms with Gasteiger partial charge < -0.3 is 10.4 Å². The molecule has 2 aliphatic rings. The fourth-order valence-electron chi connectivity index (χ4n) is 3.79. The van der Waals surface area contributed by atoms with Crippen molar-refractivity contribution < 1.29 is 10.4 Å². The van der Waals surface area contributed by atoms with Crippen molar-refractivity contribution in [3.63, 3.8) is 0 Å². The van der Waals surface area contributed by atoms with Gasteiger partial charge in [0.2, 0.25) is 0 Å². The molecule has 2 fully saturated rings. The lowest BCUT2D eigenvalue weighted by molar-refractivity contribution is -0.774. The summed E-state index contributed by atoms with van der Waals surface area (Å²) in [6.07, 6.45) is 7.04. The molecule has 92 valence electrons. The van der Waals surface area contributed by atoms with Gasteiger partial charge in [-0.05, 0) is 12.8 Å². The van der Waals surface area contributed by atoms with Gasteiger partial charge in [-0.25, -0.2) is 0 Å². The Hall–Kier alpha value is -0.860. The molecule has 1 aliphatic heterocycles. The molecule has 17 heavy (non-hydrogen) atoms. The van der Waals surface area contributed by atoms with Crippen LogP contribution in [0.2, 0.25) is 0 Å². The average molecular weight is 232 g/mol. The van der Waals surface area contributed by atoms with E-state index in [1.807, 2.05) is 0 Å². The third-order valence-electron chi connectivity index (χ3n) is 4.55. The van der Waals surface area contributed by atoms with Gasteiger partial charge >= 0.3 is 0 Å². The Labute approximate surface area is 103 Å². The van der Waals surface area contributed by atoms with E-state index in [0.29, 0.717) is 11.6 Å². The van der Waals surface area contributed by atoms with Gasteiger partial charge in [-0.1, -0.05) is 30.3 Å². The van der Waals surface area contributed by atoms with Crippen LogP contribution in [0, 0.1) is 0 Å². The Balaban J connectivity index is 1.82. The zero-order chi connectivity index (χ0) is 11.7. The van der Waals surface area contributed by atoms with Crippen LogP contribution in [-0.4, -0.2) is 16.7 Å². The molecule has 0 radical (unpaired) electrons. The van der Waals surface area contributed by atoms with Crippen molar-refractivity contribution in [3.05, 3.63) is 35.9 Å². The van der Waals surface area contributed by atoms with E-state index in [-0.39, 0.29) is 6.10 Å². The van der Waals surface area contributed by atoms with Crippen LogP contribution < -0.4 is 5.32 Å². The molecule has 1 saturated heterocycles. The van der Waals surface area contributed by atoms with Crippen LogP contribution in [0.15, 0.2) is 30.3 Å². The second-order valence-corrected chi connectivity index (χ2v) is 5.85. The molecule has 1 spiro atoms. The largest absolute Gasteiger partial charge is 0.393 e. The lowest BCUT2D eigenvalue weighted by Gasteiger charge is -2.39. The molecule has 3 rings (SSSR count). The SMILES string of the molecule is O[C@H]1C[C@H](c2ccccc2)[NH2+]C2(CCCC2)C1. The quantitative estimate of drug-likeness (QED) is 0.760. The highest BCUT2D eigenvalue weighted by Gasteiger charge is 2.45. The zero-order valence-corrected chi connectivity index (χ0v) is 10.3. The topological polar surface area (TPSA) is 36.8 Å². The van der Waals surface area contributed by atoms with Crippen molar-refractivity contribution in [2.75, 3.05) is 0 Å². The number of nitrogens with two attached hydrogens (primary N) is 1. The minimum absolute atomic E-state index is 0.108. The highest BCUT2D eigenvalue weighted by atomic mass is 16.3. The molecule has 2 nitrogen and oxygen atoms in total. The van der Waals surface area contributed by atoms with E-state index in [9.17, 15) is 5.11 Å². The fourth-order valence-corrected chi connectivity index (χ4v) is 3.79. The number of rotatable bonds is 1. The van der Waals surface area contributed by atoms with Crippen LogP contribution in [0.25, 0.3) is 0 Å². The summed E-state index contributed by atoms with van der Waals surface area (Å²) in [5.41, 5.74) is 1.72. The summed E-state index contributed by atoms with van der Waals surface area (Å²) in [5.74, 6) is 0. The molecule has 0 unspecified atom stereocenters. The highest BCUT2D eigenvalue weighted by molar-refractivity contribution is 5.18. The number of quaternary nitrogens is 1. The molecule has 1 aliphatic carbocycles. The molecule has 1 saturated carbocycles. The third kappa shape index (κ3) is 2.24. The molecule has 2 atom stereocenters. The van der Waals surface area contributed by atoms with Gasteiger partial charge in [0.1, 0.15) is 6.04 Å². The smallest absolute Gasteiger partial charge is 0.114 e. The van der Waals surface area contributed by atoms with Crippen LogP contribution in [0.1, 0.15) is 50.1 Å². The summed E-state index contributed by atoms with van der Waals surface area (Å²) < 4.78 is 0. The summed E-state index contributed by atoms with van der Waals surface area (Å²) in [6, 6.07) is 11.1. The van der Waals surface area contributed by atoms with Crippen LogP contribution >= 0.6 is 0 Å². The first-order valence-electron chi connectivity index (χ1n) is 6.86. The molecule has 3 N–H and O–H groups in total. The average Bonchev–Trinajstić information content (AvgIpc) is 2.77. The van der Waals surface area contributed by atoms with Gasteiger partial charge in [0, 0.05) is 31.2 Å². The first-order chi connectivity index (χ1) is 8.27. The summed E-state index contributed by atoms with van der Waals surface area (Å²) in [5, 5.41) is 12.7. The lowest BCUT2D eigenvalue weighted by atomic mass is 9.81. The van der Waals surface area contributed by atoms with Gasteiger partial charge in [0.25, 0.3) is 0 Å². The van der Waals surface area contributed by atoms with Crippen molar-refractivity contribution in [3.8, 4) is 0 Å². The summed E-state index contributed by atoms with van der Waals surface area (Å²) in [6.45, 7) is 0. The van der Waals surface area contributed by atoms with Gasteiger partial charge in [-0.2, -0.15) is 0 Å². The molecule has 0 bridgehead atoms. The summed E-state index contributed by atoms with van der Waals surface area (Å²) in [4.78, 5) is 0. The van der Waals surface area contributed by atoms with Crippen molar-refractivity contribution in [2.45, 2.75) is 56.2 Å². The van der Waals surface area contributed by atoms with Crippen molar-refractivity contribution in [1.82, 2.24) is 0 Å². The third-order valence-corrected chi connectivity index (χ3v) is 4.55. The Morgan fingerprint density at radius 1 is 1.12 bits per heavy atom. The van der Waals surface area contributed by atoms with Gasteiger partial charge in [0.05, 0.1) is 11.6 Å². The lowest BCUT2D eigenvalue weighted by Crippen LogP contribution is -2.99. The predicted octanol–water partition coefficient (Wildman–Crippen LogP) is 1.76. The van der Waals surface area contributed by atoms with Crippen LogP contribution in [0.5, 0.6) is 0 Å². The maximum absolute atomic E-state index is 10.1. The van der Waals surface area contributed by atoms with E-state index in [4.69, 9.17) is 0 Å². The molecule has 2 heteroatoms. The second kappa shape index (κ2) is 4.43. The molecule has 0 aromatic heterocycles. The standard InChI is InChI=1S/C15H21NO/c17-13-10-14(12-6-2-1-3-7-12)16-15(11-13)8-4-5-9-15/h1-3,6-7,13-14,16-17H,4-5,8-11H2/p+1/t13-,14+/m0/s1. The Morgan fingerprint density at radius 2 is 1.82 bits per heavy atom. The van der Waals surface area contributed by atoms with E-state index in [1.165, 1.54) is 31.2 Å². The van der Waals surface area contributed by atoms with E-state index >= 15 is 0 Å². The zero-order valence-electron chi connectivity index (χ0n) is 10.3. The second-order valence-electron chi connectivity index (χ2n) is 5.85. The Bertz CT molecular complexity index is 370. The van der Waals surface area contributed by atoms with E-state index in [1.54, 1.807) is 0 Å². The van der Waals surface area contributed by atoms with Crippen molar-refractivity contribution >= 4 is 0 Å². The van der Waals surface area contributed by atoms with Crippen molar-refractivity contribution in [2.24, 2.45) is 0 Å². The minimum atomic E-state index is -0.108. The normalized spacial score (nSPS) is 31.8. The van der Waals surface area contributed by atoms with Gasteiger partial charge in [0.15, 0.2) is 0 Å².